The van der Waals surface area contributed by atoms with Crippen LogP contribution >= 0.6 is 0 Å². The Morgan fingerprint density at radius 1 is 0.964 bits per heavy atom. The number of imidazole rings is 1. The maximum atomic E-state index is 13.0. The minimum atomic E-state index is -0.363. The average Bonchev–Trinajstić information content (AvgIpc) is 3.14. The van der Waals surface area contributed by atoms with E-state index >= 15 is 0 Å². The molecule has 0 saturated heterocycles. The van der Waals surface area contributed by atoms with E-state index in [4.69, 9.17) is 15.2 Å². The predicted octanol–water partition coefficient (Wildman–Crippen LogP) is 4.71. The highest BCUT2D eigenvalue weighted by molar-refractivity contribution is 5.77. The number of fused-ring (bicyclic) bond motifs is 1. The number of hydrogen-bond donors (Lipinski definition) is 2. The Bertz CT molecular complexity index is 1050. The van der Waals surface area contributed by atoms with Crippen molar-refractivity contribution < 1.29 is 13.9 Å². The van der Waals surface area contributed by atoms with Crippen LogP contribution in [0, 0.1) is 5.82 Å². The summed E-state index contributed by atoms with van der Waals surface area (Å²) in [6.45, 7) is 0.859. The van der Waals surface area contributed by atoms with Gasteiger partial charge < -0.3 is 20.2 Å². The Balaban J connectivity index is 1.41. The van der Waals surface area contributed by atoms with Crippen LogP contribution in [-0.2, 0) is 11.3 Å². The van der Waals surface area contributed by atoms with E-state index in [1.807, 2.05) is 48.5 Å². The molecule has 0 saturated carbocycles. The topological polar surface area (TPSA) is 73.2 Å². The van der Waals surface area contributed by atoms with E-state index in [-0.39, 0.29) is 11.9 Å². The zero-order chi connectivity index (χ0) is 19.3. The second kappa shape index (κ2) is 8.21. The van der Waals surface area contributed by atoms with Gasteiger partial charge in [-0.2, -0.15) is 0 Å². The van der Waals surface area contributed by atoms with E-state index in [1.54, 1.807) is 12.1 Å². The second-order valence-electron chi connectivity index (χ2n) is 6.46. The van der Waals surface area contributed by atoms with Crippen molar-refractivity contribution >= 4 is 11.0 Å². The summed E-state index contributed by atoms with van der Waals surface area (Å²) in [7, 11) is 0. The summed E-state index contributed by atoms with van der Waals surface area (Å²) in [5.41, 5.74) is 8.92. The van der Waals surface area contributed by atoms with Gasteiger partial charge in [0.25, 0.3) is 0 Å². The van der Waals surface area contributed by atoms with Crippen molar-refractivity contribution in [1.82, 2.24) is 9.97 Å². The van der Waals surface area contributed by atoms with Gasteiger partial charge in [0.1, 0.15) is 23.1 Å². The highest BCUT2D eigenvalue weighted by Gasteiger charge is 2.12. The van der Waals surface area contributed by atoms with Crippen molar-refractivity contribution in [2.24, 2.45) is 5.73 Å². The number of nitrogens with one attached hydrogen (secondary N) is 1. The molecule has 0 aliphatic carbocycles. The first-order valence-corrected chi connectivity index (χ1v) is 8.98. The number of H-pyrrole nitrogens is 1. The number of aromatic nitrogens is 2. The fourth-order valence-corrected chi connectivity index (χ4v) is 2.84. The van der Waals surface area contributed by atoms with Crippen molar-refractivity contribution in [1.29, 1.82) is 0 Å². The molecule has 0 amide bonds. The fraction of sp³-hybridized carbons (Fsp3) is 0.136. The number of aromatic amines is 1. The number of nitrogens with zero attached hydrogens (tertiary/aromatic N) is 1. The lowest BCUT2D eigenvalue weighted by atomic mass is 10.2. The Kier molecular flexibility index (Phi) is 5.32. The zero-order valence-corrected chi connectivity index (χ0v) is 15.1. The molecule has 0 aliphatic rings. The number of rotatable bonds is 7. The molecule has 5 nitrogen and oxygen atoms in total. The molecule has 6 heteroatoms. The van der Waals surface area contributed by atoms with E-state index in [0.717, 1.165) is 16.6 Å². The van der Waals surface area contributed by atoms with Crippen LogP contribution in [0.2, 0.25) is 0 Å². The van der Waals surface area contributed by atoms with Gasteiger partial charge in [-0.05, 0) is 42.0 Å². The Morgan fingerprint density at radius 3 is 2.50 bits per heavy atom. The summed E-state index contributed by atoms with van der Waals surface area (Å²) in [5.74, 6) is 1.54. The molecule has 28 heavy (non-hydrogen) atoms. The van der Waals surface area contributed by atoms with Crippen molar-refractivity contribution in [3.05, 3.63) is 90.0 Å². The first-order chi connectivity index (χ1) is 13.7. The standard InChI is InChI=1S/C22H20FN3O2/c23-16-6-8-17(9-7-16)28-18-10-11-20-21(12-18)26-22(25-20)19(24)14-27-13-15-4-2-1-3-5-15/h1-12,19H,13-14,24H2,(H,25,26). The van der Waals surface area contributed by atoms with Crippen LogP contribution < -0.4 is 10.5 Å². The van der Waals surface area contributed by atoms with Crippen molar-refractivity contribution in [2.45, 2.75) is 12.6 Å². The van der Waals surface area contributed by atoms with Crippen molar-refractivity contribution in [3.63, 3.8) is 0 Å². The molecule has 3 aromatic carbocycles. The smallest absolute Gasteiger partial charge is 0.129 e. The minimum absolute atomic E-state index is 0.301. The first-order valence-electron chi connectivity index (χ1n) is 8.98. The molecule has 4 aromatic rings. The third-order valence-electron chi connectivity index (χ3n) is 4.28. The van der Waals surface area contributed by atoms with Gasteiger partial charge in [-0.1, -0.05) is 30.3 Å². The quantitative estimate of drug-likeness (QED) is 0.489. The molecule has 0 bridgehead atoms. The summed E-state index contributed by atoms with van der Waals surface area (Å²) >= 11 is 0. The third kappa shape index (κ3) is 4.36. The maximum absolute atomic E-state index is 13.0. The lowest BCUT2D eigenvalue weighted by Gasteiger charge is -2.09. The molecule has 4 rings (SSSR count). The summed E-state index contributed by atoms with van der Waals surface area (Å²) in [5, 5.41) is 0. The molecule has 1 aromatic heterocycles. The van der Waals surface area contributed by atoms with Gasteiger partial charge >= 0.3 is 0 Å². The third-order valence-corrected chi connectivity index (χ3v) is 4.28. The summed E-state index contributed by atoms with van der Waals surface area (Å²) in [6.07, 6.45) is 0. The number of hydrogen-bond acceptors (Lipinski definition) is 4. The lowest BCUT2D eigenvalue weighted by molar-refractivity contribution is 0.106. The summed E-state index contributed by atoms with van der Waals surface area (Å²) in [6, 6.07) is 21.0. The molecule has 1 heterocycles. The average molecular weight is 377 g/mol. The Hall–Kier alpha value is -3.22. The molecule has 0 aliphatic heterocycles. The van der Waals surface area contributed by atoms with Gasteiger partial charge in [0, 0.05) is 6.07 Å². The second-order valence-corrected chi connectivity index (χ2v) is 6.46. The van der Waals surface area contributed by atoms with Crippen LogP contribution in [0.5, 0.6) is 11.5 Å². The predicted molar refractivity (Wildman–Crippen MR) is 106 cm³/mol. The number of benzene rings is 3. The molecule has 1 unspecified atom stereocenters. The number of nitrogens with two attached hydrogens (primary N) is 1. The van der Waals surface area contributed by atoms with Crippen molar-refractivity contribution in [3.8, 4) is 11.5 Å². The fourth-order valence-electron chi connectivity index (χ4n) is 2.84. The maximum Gasteiger partial charge on any atom is 0.129 e. The van der Waals surface area contributed by atoms with Gasteiger partial charge in [0.2, 0.25) is 0 Å². The van der Waals surface area contributed by atoms with E-state index in [2.05, 4.69) is 9.97 Å². The highest BCUT2D eigenvalue weighted by atomic mass is 19.1. The highest BCUT2D eigenvalue weighted by Crippen LogP contribution is 2.25. The van der Waals surface area contributed by atoms with Crippen LogP contribution in [0.1, 0.15) is 17.4 Å². The van der Waals surface area contributed by atoms with Crippen LogP contribution in [-0.4, -0.2) is 16.6 Å². The van der Waals surface area contributed by atoms with Gasteiger partial charge in [-0.3, -0.25) is 0 Å². The molecule has 142 valence electrons. The van der Waals surface area contributed by atoms with Gasteiger partial charge in [0.15, 0.2) is 0 Å². The normalized spacial score (nSPS) is 12.2. The Morgan fingerprint density at radius 2 is 1.71 bits per heavy atom. The molecular weight excluding hydrogens is 357 g/mol. The van der Waals surface area contributed by atoms with Crippen LogP contribution in [0.15, 0.2) is 72.8 Å². The largest absolute Gasteiger partial charge is 0.457 e. The van der Waals surface area contributed by atoms with Crippen LogP contribution in [0.25, 0.3) is 11.0 Å². The molecule has 0 radical (unpaired) electrons. The zero-order valence-electron chi connectivity index (χ0n) is 15.1. The Labute approximate surface area is 161 Å². The van der Waals surface area contributed by atoms with Gasteiger partial charge in [-0.25, -0.2) is 9.37 Å². The summed E-state index contributed by atoms with van der Waals surface area (Å²) < 4.78 is 24.5. The molecule has 0 spiro atoms. The molecule has 0 fully saturated rings. The van der Waals surface area contributed by atoms with Crippen molar-refractivity contribution in [2.75, 3.05) is 6.61 Å². The molecule has 3 N–H and O–H groups in total. The summed E-state index contributed by atoms with van der Waals surface area (Å²) in [4.78, 5) is 7.76. The lowest BCUT2D eigenvalue weighted by Crippen LogP contribution is -2.18. The number of ether oxygens (including phenoxy) is 2. The molecule has 1 atom stereocenters. The number of halogens is 1. The van der Waals surface area contributed by atoms with Crippen LogP contribution in [0.4, 0.5) is 4.39 Å². The SMILES string of the molecule is NC(COCc1ccccc1)c1nc2ccc(Oc3ccc(F)cc3)cc2[nH]1. The minimum Gasteiger partial charge on any atom is -0.457 e. The van der Waals surface area contributed by atoms with E-state index in [1.165, 1.54) is 12.1 Å². The van der Waals surface area contributed by atoms with Gasteiger partial charge in [-0.15, -0.1) is 0 Å². The molecular formula is C22H20FN3O2. The van der Waals surface area contributed by atoms with Crippen LogP contribution in [0.3, 0.4) is 0 Å². The van der Waals surface area contributed by atoms with E-state index in [0.29, 0.717) is 30.5 Å². The van der Waals surface area contributed by atoms with E-state index in [9.17, 15) is 4.39 Å². The monoisotopic (exact) mass is 377 g/mol. The van der Waals surface area contributed by atoms with Gasteiger partial charge in [0.05, 0.1) is 30.3 Å². The van der Waals surface area contributed by atoms with E-state index < -0.39 is 0 Å². The first kappa shape index (κ1) is 18.2.